The van der Waals surface area contributed by atoms with Gasteiger partial charge in [-0.25, -0.2) is 0 Å². The molecule has 16 heavy (non-hydrogen) atoms. The second kappa shape index (κ2) is 4.98. The molecule has 0 spiro atoms. The Kier molecular flexibility index (Phi) is 3.62. The van der Waals surface area contributed by atoms with Crippen molar-refractivity contribution in [1.82, 2.24) is 4.90 Å². The minimum Gasteiger partial charge on any atom is -0.388 e. The molecule has 0 amide bonds. The first-order valence-electron chi connectivity index (χ1n) is 6.11. The van der Waals surface area contributed by atoms with E-state index in [1.54, 1.807) is 0 Å². The van der Waals surface area contributed by atoms with Gasteiger partial charge in [-0.15, -0.1) is 0 Å². The molecule has 2 rings (SSSR count). The van der Waals surface area contributed by atoms with Gasteiger partial charge in [-0.2, -0.15) is 0 Å². The Morgan fingerprint density at radius 3 is 2.62 bits per heavy atom. The first-order valence-corrected chi connectivity index (χ1v) is 6.11. The second-order valence-corrected chi connectivity index (χ2v) is 4.94. The largest absolute Gasteiger partial charge is 0.388 e. The minimum absolute atomic E-state index is 0.292. The Morgan fingerprint density at radius 1 is 1.38 bits per heavy atom. The monoisotopic (exact) mass is 219 g/mol. The molecule has 0 bridgehead atoms. The zero-order chi connectivity index (χ0) is 11.5. The molecule has 1 fully saturated rings. The van der Waals surface area contributed by atoms with Gasteiger partial charge in [0.15, 0.2) is 0 Å². The summed E-state index contributed by atoms with van der Waals surface area (Å²) >= 11 is 0. The van der Waals surface area contributed by atoms with E-state index in [9.17, 15) is 5.11 Å². The maximum atomic E-state index is 10.0. The van der Waals surface area contributed by atoms with Gasteiger partial charge in [0.1, 0.15) is 0 Å². The number of aliphatic hydroxyl groups excluding tert-OH is 1. The Morgan fingerprint density at radius 2 is 2.06 bits per heavy atom. The molecule has 1 N–H and O–H groups in total. The van der Waals surface area contributed by atoms with Crippen LogP contribution in [0, 0.1) is 5.92 Å². The summed E-state index contributed by atoms with van der Waals surface area (Å²) in [5.41, 5.74) is 1.04. The summed E-state index contributed by atoms with van der Waals surface area (Å²) in [7, 11) is 2.16. The van der Waals surface area contributed by atoms with Crippen molar-refractivity contribution in [2.75, 3.05) is 13.6 Å². The first-order chi connectivity index (χ1) is 7.68. The molecule has 3 unspecified atom stereocenters. The summed E-state index contributed by atoms with van der Waals surface area (Å²) < 4.78 is 0. The van der Waals surface area contributed by atoms with Crippen LogP contribution in [0.3, 0.4) is 0 Å². The van der Waals surface area contributed by atoms with Gasteiger partial charge >= 0.3 is 0 Å². The predicted molar refractivity (Wildman–Crippen MR) is 66.2 cm³/mol. The van der Waals surface area contributed by atoms with Gasteiger partial charge in [-0.05, 0) is 38.3 Å². The average molecular weight is 219 g/mol. The van der Waals surface area contributed by atoms with Crippen molar-refractivity contribution in [2.24, 2.45) is 5.92 Å². The van der Waals surface area contributed by atoms with Gasteiger partial charge in [0.25, 0.3) is 0 Å². The Balaban J connectivity index is 1.79. The Hall–Kier alpha value is -0.860. The SMILES string of the molecule is CC1C(CCC(O)c2ccccc2)CN1C. The lowest BCUT2D eigenvalue weighted by molar-refractivity contribution is 0.0365. The molecular formula is C14H21NO. The van der Waals surface area contributed by atoms with E-state index in [-0.39, 0.29) is 6.10 Å². The van der Waals surface area contributed by atoms with E-state index < -0.39 is 0 Å². The van der Waals surface area contributed by atoms with Crippen molar-refractivity contribution in [3.05, 3.63) is 35.9 Å². The maximum absolute atomic E-state index is 10.0. The van der Waals surface area contributed by atoms with Crippen LogP contribution in [0.25, 0.3) is 0 Å². The second-order valence-electron chi connectivity index (χ2n) is 4.94. The summed E-state index contributed by atoms with van der Waals surface area (Å²) in [4.78, 5) is 2.36. The van der Waals surface area contributed by atoms with Crippen LogP contribution in [0.2, 0.25) is 0 Å². The summed E-state index contributed by atoms with van der Waals surface area (Å²) in [6.45, 7) is 3.45. The summed E-state index contributed by atoms with van der Waals surface area (Å²) in [5, 5.41) is 10.0. The van der Waals surface area contributed by atoms with E-state index in [0.29, 0.717) is 6.04 Å². The number of likely N-dealkylation sites (tertiary alicyclic amines) is 1. The molecule has 2 nitrogen and oxygen atoms in total. The van der Waals surface area contributed by atoms with Crippen LogP contribution in [0.4, 0.5) is 0 Å². The predicted octanol–water partition coefficient (Wildman–Crippen LogP) is 2.45. The summed E-state index contributed by atoms with van der Waals surface area (Å²) in [6.07, 6.45) is 1.72. The van der Waals surface area contributed by atoms with E-state index in [4.69, 9.17) is 0 Å². The highest BCUT2D eigenvalue weighted by Gasteiger charge is 2.32. The normalized spacial score (nSPS) is 27.4. The van der Waals surface area contributed by atoms with Crippen LogP contribution in [-0.2, 0) is 0 Å². The molecule has 1 aromatic rings. The number of hydrogen-bond donors (Lipinski definition) is 1. The van der Waals surface area contributed by atoms with Gasteiger partial charge < -0.3 is 10.0 Å². The quantitative estimate of drug-likeness (QED) is 0.841. The van der Waals surface area contributed by atoms with Gasteiger partial charge in [0.2, 0.25) is 0 Å². The fourth-order valence-corrected chi connectivity index (χ4v) is 2.46. The topological polar surface area (TPSA) is 23.5 Å². The molecule has 1 aliphatic rings. The lowest BCUT2D eigenvalue weighted by atomic mass is 9.85. The van der Waals surface area contributed by atoms with Crippen molar-refractivity contribution >= 4 is 0 Å². The van der Waals surface area contributed by atoms with Crippen LogP contribution >= 0.6 is 0 Å². The third kappa shape index (κ3) is 2.45. The highest BCUT2D eigenvalue weighted by Crippen LogP contribution is 2.29. The fourth-order valence-electron chi connectivity index (χ4n) is 2.46. The van der Waals surface area contributed by atoms with Crippen LogP contribution in [0.15, 0.2) is 30.3 Å². The van der Waals surface area contributed by atoms with Crippen molar-refractivity contribution in [2.45, 2.75) is 31.9 Å². The van der Waals surface area contributed by atoms with Gasteiger partial charge in [-0.3, -0.25) is 0 Å². The standard InChI is InChI=1S/C14H21NO/c1-11-13(10-15(11)2)8-9-14(16)12-6-4-3-5-7-12/h3-7,11,13-14,16H,8-10H2,1-2H3. The van der Waals surface area contributed by atoms with E-state index in [0.717, 1.165) is 24.3 Å². The molecule has 1 heterocycles. The number of nitrogens with zero attached hydrogens (tertiary/aromatic N) is 1. The maximum Gasteiger partial charge on any atom is 0.0790 e. The van der Waals surface area contributed by atoms with E-state index in [1.165, 1.54) is 6.54 Å². The van der Waals surface area contributed by atoms with Gasteiger partial charge in [-0.1, -0.05) is 30.3 Å². The number of rotatable bonds is 4. The lowest BCUT2D eigenvalue weighted by Crippen LogP contribution is -2.51. The van der Waals surface area contributed by atoms with Crippen LogP contribution < -0.4 is 0 Å². The number of hydrogen-bond acceptors (Lipinski definition) is 2. The van der Waals surface area contributed by atoms with E-state index in [2.05, 4.69) is 18.9 Å². The van der Waals surface area contributed by atoms with Crippen molar-refractivity contribution < 1.29 is 5.11 Å². The highest BCUT2D eigenvalue weighted by molar-refractivity contribution is 5.17. The molecule has 1 aromatic carbocycles. The molecule has 1 saturated heterocycles. The Labute approximate surface area is 97.9 Å². The first kappa shape index (κ1) is 11.6. The summed E-state index contributed by atoms with van der Waals surface area (Å²) in [5.74, 6) is 0.767. The lowest BCUT2D eigenvalue weighted by Gasteiger charge is -2.44. The van der Waals surface area contributed by atoms with Crippen LogP contribution in [0.1, 0.15) is 31.4 Å². The third-order valence-electron chi connectivity index (χ3n) is 3.90. The zero-order valence-electron chi connectivity index (χ0n) is 10.1. The highest BCUT2D eigenvalue weighted by atomic mass is 16.3. The molecule has 3 atom stereocenters. The molecule has 0 radical (unpaired) electrons. The van der Waals surface area contributed by atoms with E-state index >= 15 is 0 Å². The molecular weight excluding hydrogens is 198 g/mol. The molecule has 88 valence electrons. The molecule has 0 saturated carbocycles. The zero-order valence-corrected chi connectivity index (χ0v) is 10.1. The molecule has 0 aliphatic carbocycles. The Bertz CT molecular complexity index is 325. The van der Waals surface area contributed by atoms with Crippen LogP contribution in [-0.4, -0.2) is 29.6 Å². The van der Waals surface area contributed by atoms with Gasteiger partial charge in [0.05, 0.1) is 6.10 Å². The smallest absolute Gasteiger partial charge is 0.0790 e. The summed E-state index contributed by atoms with van der Waals surface area (Å²) in [6, 6.07) is 10.6. The van der Waals surface area contributed by atoms with E-state index in [1.807, 2.05) is 30.3 Å². The minimum atomic E-state index is -0.292. The fraction of sp³-hybridized carbons (Fsp3) is 0.571. The number of aliphatic hydroxyl groups is 1. The van der Waals surface area contributed by atoms with Crippen molar-refractivity contribution in [1.29, 1.82) is 0 Å². The third-order valence-corrected chi connectivity index (χ3v) is 3.90. The van der Waals surface area contributed by atoms with Crippen molar-refractivity contribution in [3.8, 4) is 0 Å². The average Bonchev–Trinajstić information content (AvgIpc) is 2.34. The molecule has 1 aliphatic heterocycles. The van der Waals surface area contributed by atoms with Crippen molar-refractivity contribution in [3.63, 3.8) is 0 Å². The van der Waals surface area contributed by atoms with Crippen LogP contribution in [0.5, 0.6) is 0 Å². The number of benzene rings is 1. The molecule has 2 heteroatoms. The van der Waals surface area contributed by atoms with Gasteiger partial charge in [0, 0.05) is 12.6 Å². The molecule has 0 aromatic heterocycles.